The molecule has 0 bridgehead atoms. The van der Waals surface area contributed by atoms with Crippen LogP contribution < -0.4 is 5.73 Å². The number of amidine groups is 1. The van der Waals surface area contributed by atoms with E-state index >= 15 is 0 Å². The van der Waals surface area contributed by atoms with Crippen molar-refractivity contribution in [3.63, 3.8) is 0 Å². The lowest BCUT2D eigenvalue weighted by atomic mass is 9.94. The van der Waals surface area contributed by atoms with Crippen molar-refractivity contribution in [3.05, 3.63) is 62.5 Å². The van der Waals surface area contributed by atoms with Crippen molar-refractivity contribution in [1.29, 1.82) is 0 Å². The molecule has 2 aliphatic heterocycles. The van der Waals surface area contributed by atoms with E-state index < -0.39 is 17.8 Å². The molecule has 1 fully saturated rings. The van der Waals surface area contributed by atoms with Gasteiger partial charge in [0.15, 0.2) is 10.8 Å². The van der Waals surface area contributed by atoms with Crippen LogP contribution >= 0.6 is 22.9 Å². The molecule has 6 nitrogen and oxygen atoms in total. The largest absolute Gasteiger partial charge is 0.466 e. The summed E-state index contributed by atoms with van der Waals surface area (Å²) in [7, 11) is 1.32. The second-order valence-corrected chi connectivity index (χ2v) is 7.59. The number of carbonyl (C=O) groups is 1. The number of rotatable bonds is 3. The van der Waals surface area contributed by atoms with E-state index in [0.717, 1.165) is 5.70 Å². The van der Waals surface area contributed by atoms with Crippen LogP contribution in [0.4, 0.5) is 4.39 Å². The van der Waals surface area contributed by atoms with Crippen molar-refractivity contribution in [1.82, 2.24) is 9.88 Å². The van der Waals surface area contributed by atoms with Gasteiger partial charge in [-0.1, -0.05) is 17.7 Å². The van der Waals surface area contributed by atoms with Crippen LogP contribution in [-0.2, 0) is 9.53 Å². The highest BCUT2D eigenvalue weighted by molar-refractivity contribution is 7.11. The number of benzene rings is 1. The molecule has 27 heavy (non-hydrogen) atoms. The number of ether oxygens (including phenoxy) is 1. The summed E-state index contributed by atoms with van der Waals surface area (Å²) in [5, 5.41) is 2.76. The summed E-state index contributed by atoms with van der Waals surface area (Å²) in [6.45, 7) is 0.526. The summed E-state index contributed by atoms with van der Waals surface area (Å²) in [6.07, 6.45) is 2.20. The van der Waals surface area contributed by atoms with E-state index in [2.05, 4.69) is 4.98 Å². The number of nitrogens with two attached hydrogens (primary N) is 1. The predicted molar refractivity (Wildman–Crippen MR) is 101 cm³/mol. The summed E-state index contributed by atoms with van der Waals surface area (Å²) in [6, 6.07) is 3.18. The molecule has 0 saturated carbocycles. The lowest BCUT2D eigenvalue weighted by Crippen LogP contribution is -2.36. The lowest BCUT2D eigenvalue weighted by molar-refractivity contribution is -0.136. The Bertz CT molecular complexity index is 960. The first-order valence-electron chi connectivity index (χ1n) is 8.26. The Labute approximate surface area is 164 Å². The summed E-state index contributed by atoms with van der Waals surface area (Å²) < 4.78 is 18.6. The lowest BCUT2D eigenvalue weighted by Gasteiger charge is -2.31. The van der Waals surface area contributed by atoms with Gasteiger partial charge in [-0.3, -0.25) is 4.99 Å². The van der Waals surface area contributed by atoms with Gasteiger partial charge in [-0.2, -0.15) is 0 Å². The molecule has 4 rings (SSSR count). The Hall–Kier alpha value is -2.29. The van der Waals surface area contributed by atoms with Gasteiger partial charge in [0.25, 0.3) is 0 Å². The predicted octanol–water partition coefficient (Wildman–Crippen LogP) is 2.90. The van der Waals surface area contributed by atoms with Gasteiger partial charge >= 0.3 is 5.97 Å². The zero-order valence-corrected chi connectivity index (χ0v) is 15.9. The molecule has 2 atom stereocenters. The molecule has 3 heterocycles. The highest BCUT2D eigenvalue weighted by Gasteiger charge is 2.41. The Kier molecular flexibility index (Phi) is 4.71. The van der Waals surface area contributed by atoms with Gasteiger partial charge in [-0.05, 0) is 12.1 Å². The number of aromatic nitrogens is 1. The molecular weight excluding hydrogens is 391 g/mol. The Morgan fingerprint density at radius 1 is 1.48 bits per heavy atom. The fourth-order valence-electron chi connectivity index (χ4n) is 3.44. The second-order valence-electron chi connectivity index (χ2n) is 6.29. The highest BCUT2D eigenvalue weighted by Crippen LogP contribution is 2.42. The van der Waals surface area contributed by atoms with Crippen molar-refractivity contribution in [2.45, 2.75) is 18.5 Å². The third-order valence-electron chi connectivity index (χ3n) is 4.58. The molecule has 1 aromatic heterocycles. The molecule has 2 N–H and O–H groups in total. The van der Waals surface area contributed by atoms with E-state index in [4.69, 9.17) is 27.1 Å². The second kappa shape index (κ2) is 7.03. The zero-order valence-electron chi connectivity index (χ0n) is 14.4. The van der Waals surface area contributed by atoms with Crippen LogP contribution in [0.15, 0.2) is 46.0 Å². The minimum atomic E-state index is -0.721. The topological polar surface area (TPSA) is 80.8 Å². The Morgan fingerprint density at radius 3 is 2.96 bits per heavy atom. The minimum Gasteiger partial charge on any atom is -0.466 e. The van der Waals surface area contributed by atoms with E-state index in [1.165, 1.54) is 30.6 Å². The summed E-state index contributed by atoms with van der Waals surface area (Å²) in [4.78, 5) is 23.7. The molecule has 1 aromatic carbocycles. The maximum Gasteiger partial charge on any atom is 0.338 e. The maximum atomic E-state index is 13.5. The van der Waals surface area contributed by atoms with Gasteiger partial charge < -0.3 is 15.4 Å². The first-order valence-corrected chi connectivity index (χ1v) is 9.52. The van der Waals surface area contributed by atoms with E-state index in [-0.39, 0.29) is 11.1 Å². The zero-order chi connectivity index (χ0) is 19.1. The average molecular weight is 407 g/mol. The molecule has 2 aliphatic rings. The van der Waals surface area contributed by atoms with Crippen molar-refractivity contribution in [2.24, 2.45) is 10.7 Å². The number of methoxy groups -OCH3 is 1. The number of nitrogens with zero attached hydrogens (tertiary/aromatic N) is 3. The molecule has 1 saturated heterocycles. The van der Waals surface area contributed by atoms with E-state index in [1.807, 2.05) is 10.3 Å². The Balaban J connectivity index is 1.93. The van der Waals surface area contributed by atoms with Crippen LogP contribution in [0.5, 0.6) is 0 Å². The molecule has 0 spiro atoms. The molecule has 0 aliphatic carbocycles. The number of hydrogen-bond acceptors (Lipinski definition) is 7. The number of thiazole rings is 1. The summed E-state index contributed by atoms with van der Waals surface area (Å²) in [5.41, 5.74) is 7.82. The fourth-order valence-corrected chi connectivity index (χ4v) is 4.36. The average Bonchev–Trinajstić information content (AvgIpc) is 3.29. The standard InChI is InChI=1S/C18H16ClFN4O2S/c1-26-18(25)14-13-7-10(21)8-24(13)16(17-22-4-5-27-17)23-15(14)11-3-2-9(20)6-12(11)19/h2-6,10,15H,7-8,21H2,1H3/t10-,15-/m0/s1. The molecule has 9 heteroatoms. The number of esters is 1. The van der Waals surface area contributed by atoms with Crippen LogP contribution in [0.3, 0.4) is 0 Å². The van der Waals surface area contributed by atoms with Gasteiger partial charge in [-0.25, -0.2) is 14.2 Å². The van der Waals surface area contributed by atoms with Crippen LogP contribution in [-0.4, -0.2) is 41.4 Å². The molecule has 0 amide bonds. The molecule has 0 radical (unpaired) electrons. The van der Waals surface area contributed by atoms with E-state index in [0.29, 0.717) is 34.9 Å². The highest BCUT2D eigenvalue weighted by atomic mass is 35.5. The van der Waals surface area contributed by atoms with Crippen molar-refractivity contribution < 1.29 is 13.9 Å². The monoisotopic (exact) mass is 406 g/mol. The number of hydrogen-bond donors (Lipinski definition) is 1. The van der Waals surface area contributed by atoms with Crippen LogP contribution in [0.25, 0.3) is 0 Å². The quantitative estimate of drug-likeness (QED) is 0.793. The van der Waals surface area contributed by atoms with E-state index in [9.17, 15) is 9.18 Å². The molecular formula is C18H16ClFN4O2S. The van der Waals surface area contributed by atoms with Gasteiger partial charge in [-0.15, -0.1) is 11.3 Å². The molecule has 0 unspecified atom stereocenters. The van der Waals surface area contributed by atoms with Crippen molar-refractivity contribution >= 4 is 34.7 Å². The summed E-state index contributed by atoms with van der Waals surface area (Å²) in [5.74, 6) is -0.331. The smallest absolute Gasteiger partial charge is 0.338 e. The Morgan fingerprint density at radius 2 is 2.30 bits per heavy atom. The maximum absolute atomic E-state index is 13.5. The van der Waals surface area contributed by atoms with Gasteiger partial charge in [0.2, 0.25) is 0 Å². The van der Waals surface area contributed by atoms with Crippen LogP contribution in [0.1, 0.15) is 23.0 Å². The van der Waals surface area contributed by atoms with Crippen LogP contribution in [0, 0.1) is 5.82 Å². The number of fused-ring (bicyclic) bond motifs is 1. The SMILES string of the molecule is COC(=O)C1=C2C[C@H](N)CN2C(c2nccs2)=N[C@H]1c1ccc(F)cc1Cl. The summed E-state index contributed by atoms with van der Waals surface area (Å²) >= 11 is 7.73. The van der Waals surface area contributed by atoms with Gasteiger partial charge in [0.05, 0.1) is 12.7 Å². The number of aliphatic imine (C=N–C) groups is 1. The van der Waals surface area contributed by atoms with Gasteiger partial charge in [0, 0.05) is 46.9 Å². The molecule has 140 valence electrons. The first-order chi connectivity index (χ1) is 13.0. The third kappa shape index (κ3) is 3.13. The fraction of sp³-hybridized carbons (Fsp3) is 0.278. The number of carbonyl (C=O) groups excluding carboxylic acids is 1. The van der Waals surface area contributed by atoms with Crippen LogP contribution in [0.2, 0.25) is 5.02 Å². The van der Waals surface area contributed by atoms with E-state index in [1.54, 1.807) is 12.3 Å². The number of halogens is 2. The normalized spacial score (nSPS) is 21.9. The minimum absolute atomic E-state index is 0.146. The van der Waals surface area contributed by atoms with Gasteiger partial charge in [0.1, 0.15) is 11.9 Å². The third-order valence-corrected chi connectivity index (χ3v) is 5.67. The van der Waals surface area contributed by atoms with Crippen molar-refractivity contribution in [2.75, 3.05) is 13.7 Å². The first kappa shape index (κ1) is 18.1. The molecule has 2 aromatic rings. The van der Waals surface area contributed by atoms with Crippen molar-refractivity contribution in [3.8, 4) is 0 Å².